The smallest absolute Gasteiger partial charge is 0.232 e. The lowest BCUT2D eigenvalue weighted by Crippen LogP contribution is -2.15. The van der Waals surface area contributed by atoms with Crippen molar-refractivity contribution in [2.75, 3.05) is 6.79 Å². The SMILES string of the molecule is CCC(C)(C)c1ccc(OCO/C=N/N=NN)cc1. The summed E-state index contributed by atoms with van der Waals surface area (Å²) in [5.41, 5.74) is 1.46. The summed E-state index contributed by atoms with van der Waals surface area (Å²) in [6.45, 7) is 6.67. The first-order valence-electron chi connectivity index (χ1n) is 6.07. The maximum atomic E-state index is 5.37. The normalized spacial score (nSPS) is 12.2. The fraction of sp³-hybridized carbons (Fsp3) is 0.462. The van der Waals surface area contributed by atoms with Crippen molar-refractivity contribution in [3.8, 4) is 5.75 Å². The molecule has 1 aromatic carbocycles. The Balaban J connectivity index is 2.45. The second-order valence-electron chi connectivity index (χ2n) is 4.62. The van der Waals surface area contributed by atoms with Gasteiger partial charge in [-0.25, -0.2) is 0 Å². The summed E-state index contributed by atoms with van der Waals surface area (Å²) in [6, 6.07) is 7.98. The number of hydrogen-bond donors (Lipinski definition) is 1. The van der Waals surface area contributed by atoms with Crippen molar-refractivity contribution < 1.29 is 9.47 Å². The van der Waals surface area contributed by atoms with Crippen LogP contribution in [0.4, 0.5) is 0 Å². The Hall–Kier alpha value is -2.11. The van der Waals surface area contributed by atoms with E-state index in [1.807, 2.05) is 12.1 Å². The van der Waals surface area contributed by atoms with Crippen LogP contribution in [-0.4, -0.2) is 13.2 Å². The van der Waals surface area contributed by atoms with Crippen molar-refractivity contribution in [2.45, 2.75) is 32.6 Å². The molecule has 19 heavy (non-hydrogen) atoms. The fourth-order valence-electron chi connectivity index (χ4n) is 1.42. The van der Waals surface area contributed by atoms with Gasteiger partial charge in [0.2, 0.25) is 13.2 Å². The van der Waals surface area contributed by atoms with Gasteiger partial charge in [-0.3, -0.25) is 0 Å². The van der Waals surface area contributed by atoms with Gasteiger partial charge in [0.05, 0.1) is 0 Å². The van der Waals surface area contributed by atoms with Crippen molar-refractivity contribution in [3.63, 3.8) is 0 Å². The molecule has 0 aliphatic carbocycles. The van der Waals surface area contributed by atoms with Crippen LogP contribution in [0.25, 0.3) is 0 Å². The first-order chi connectivity index (χ1) is 9.10. The third-order valence-electron chi connectivity index (χ3n) is 3.04. The molecule has 2 N–H and O–H groups in total. The summed E-state index contributed by atoms with van der Waals surface area (Å²) in [4.78, 5) is 0. The first kappa shape index (κ1) is 14.9. The Morgan fingerprint density at radius 2 is 1.95 bits per heavy atom. The first-order valence-corrected chi connectivity index (χ1v) is 6.07. The summed E-state index contributed by atoms with van der Waals surface area (Å²) < 4.78 is 10.3. The van der Waals surface area contributed by atoms with Crippen molar-refractivity contribution in [1.29, 1.82) is 0 Å². The minimum absolute atomic E-state index is 0.0557. The van der Waals surface area contributed by atoms with Crippen LogP contribution in [0.3, 0.4) is 0 Å². The molecule has 0 spiro atoms. The maximum absolute atomic E-state index is 5.37. The minimum Gasteiger partial charge on any atom is -0.457 e. The second kappa shape index (κ2) is 7.35. The molecular weight excluding hydrogens is 244 g/mol. The molecule has 0 aliphatic rings. The van der Waals surface area contributed by atoms with Crippen molar-refractivity contribution in [2.24, 2.45) is 21.4 Å². The number of hydrogen-bond acceptors (Lipinski definition) is 4. The van der Waals surface area contributed by atoms with Crippen LogP contribution in [0.15, 0.2) is 39.8 Å². The van der Waals surface area contributed by atoms with E-state index >= 15 is 0 Å². The zero-order valence-electron chi connectivity index (χ0n) is 11.5. The van der Waals surface area contributed by atoms with Gasteiger partial charge in [0.15, 0.2) is 0 Å². The van der Waals surface area contributed by atoms with Crippen LogP contribution in [0.5, 0.6) is 5.75 Å². The number of nitrogens with zero attached hydrogens (tertiary/aromatic N) is 3. The van der Waals surface area contributed by atoms with Crippen molar-refractivity contribution >= 4 is 6.40 Å². The molecule has 0 unspecified atom stereocenters. The molecule has 104 valence electrons. The molecule has 6 nitrogen and oxygen atoms in total. The molecule has 0 saturated heterocycles. The standard InChI is InChI=1S/C13H20N4O2/c1-4-13(2,3)11-5-7-12(8-6-11)19-10-18-9-15-17-16-14/h5-9H,4,10H2,1-3H3,(H2,14,17)/b15-9+. The van der Waals surface area contributed by atoms with Gasteiger partial charge in [-0.05, 0) is 34.8 Å². The van der Waals surface area contributed by atoms with E-state index in [1.54, 1.807) is 0 Å². The Morgan fingerprint density at radius 1 is 1.26 bits per heavy atom. The highest BCUT2D eigenvalue weighted by atomic mass is 16.7. The molecule has 0 radical (unpaired) electrons. The summed E-state index contributed by atoms with van der Waals surface area (Å²) in [5.74, 6) is 5.49. The number of rotatable bonds is 7. The van der Waals surface area contributed by atoms with Gasteiger partial charge in [-0.15, -0.1) is 0 Å². The predicted molar refractivity (Wildman–Crippen MR) is 73.9 cm³/mol. The van der Waals surface area contributed by atoms with E-state index in [-0.39, 0.29) is 12.2 Å². The zero-order valence-corrected chi connectivity index (χ0v) is 11.5. The molecule has 0 fully saturated rings. The summed E-state index contributed by atoms with van der Waals surface area (Å²) in [6.07, 6.45) is 2.20. The molecule has 0 aromatic heterocycles. The lowest BCUT2D eigenvalue weighted by atomic mass is 9.82. The van der Waals surface area contributed by atoms with E-state index in [9.17, 15) is 0 Å². The van der Waals surface area contributed by atoms with Gasteiger partial charge in [-0.2, -0.15) is 0 Å². The lowest BCUT2D eigenvalue weighted by molar-refractivity contribution is 0.116. The van der Waals surface area contributed by atoms with Gasteiger partial charge >= 0.3 is 0 Å². The second-order valence-corrected chi connectivity index (χ2v) is 4.62. The molecule has 0 saturated carbocycles. The largest absolute Gasteiger partial charge is 0.457 e. The molecular formula is C13H20N4O2. The van der Waals surface area contributed by atoms with Crippen LogP contribution in [-0.2, 0) is 10.2 Å². The molecule has 0 amide bonds. The summed E-state index contributed by atoms with van der Waals surface area (Å²) >= 11 is 0. The Bertz CT molecular complexity index is 427. The molecule has 0 atom stereocenters. The number of nitrogens with two attached hydrogens (primary N) is 1. The van der Waals surface area contributed by atoms with E-state index in [0.717, 1.165) is 18.6 Å². The quantitative estimate of drug-likeness (QED) is 0.156. The van der Waals surface area contributed by atoms with Crippen molar-refractivity contribution in [3.05, 3.63) is 29.8 Å². The monoisotopic (exact) mass is 264 g/mol. The average Bonchev–Trinajstić information content (AvgIpc) is 2.43. The van der Waals surface area contributed by atoms with Crippen LogP contribution in [0.1, 0.15) is 32.8 Å². The molecule has 0 heterocycles. The van der Waals surface area contributed by atoms with Gasteiger partial charge in [0, 0.05) is 0 Å². The highest BCUT2D eigenvalue weighted by Crippen LogP contribution is 2.27. The lowest BCUT2D eigenvalue weighted by Gasteiger charge is -2.23. The number of ether oxygens (including phenoxy) is 2. The highest BCUT2D eigenvalue weighted by Gasteiger charge is 2.17. The Morgan fingerprint density at radius 3 is 2.53 bits per heavy atom. The molecule has 1 aromatic rings. The van der Waals surface area contributed by atoms with E-state index in [4.69, 9.17) is 15.3 Å². The zero-order chi connectivity index (χ0) is 14.1. The highest BCUT2D eigenvalue weighted by molar-refractivity contribution is 5.45. The third-order valence-corrected chi connectivity index (χ3v) is 3.04. The molecule has 0 aliphatic heterocycles. The third kappa shape index (κ3) is 4.95. The predicted octanol–water partition coefficient (Wildman–Crippen LogP) is 3.00. The minimum atomic E-state index is 0.0557. The van der Waals surface area contributed by atoms with Crippen LogP contribution < -0.4 is 10.6 Å². The average molecular weight is 264 g/mol. The van der Waals surface area contributed by atoms with E-state index in [1.165, 1.54) is 5.56 Å². The van der Waals surface area contributed by atoms with Crippen LogP contribution >= 0.6 is 0 Å². The maximum Gasteiger partial charge on any atom is 0.232 e. The summed E-state index contributed by atoms with van der Waals surface area (Å²) in [5, 5.41) is 9.48. The molecule has 0 bridgehead atoms. The van der Waals surface area contributed by atoms with Crippen LogP contribution in [0.2, 0.25) is 0 Å². The van der Waals surface area contributed by atoms with Crippen LogP contribution in [0, 0.1) is 0 Å². The Kier molecular flexibility index (Phi) is 5.78. The van der Waals surface area contributed by atoms with E-state index < -0.39 is 0 Å². The molecule has 1 rings (SSSR count). The van der Waals surface area contributed by atoms with Gasteiger partial charge < -0.3 is 15.3 Å². The van der Waals surface area contributed by atoms with Gasteiger partial charge in [0.25, 0.3) is 0 Å². The van der Waals surface area contributed by atoms with E-state index in [2.05, 4.69) is 48.5 Å². The fourth-order valence-corrected chi connectivity index (χ4v) is 1.42. The summed E-state index contributed by atoms with van der Waals surface area (Å²) in [7, 11) is 0. The number of benzene rings is 1. The van der Waals surface area contributed by atoms with Crippen molar-refractivity contribution in [1.82, 2.24) is 0 Å². The van der Waals surface area contributed by atoms with Gasteiger partial charge in [-0.1, -0.05) is 43.2 Å². The molecule has 6 heteroatoms. The topological polar surface area (TPSA) is 81.6 Å². The van der Waals surface area contributed by atoms with Gasteiger partial charge in [0.1, 0.15) is 5.75 Å². The van der Waals surface area contributed by atoms with E-state index in [0.29, 0.717) is 0 Å². The Labute approximate surface area is 113 Å².